The number of rotatable bonds is 5. The number of methoxy groups -OCH3 is 1. The largest absolute Gasteiger partial charge is 0.383 e. The minimum atomic E-state index is -0.499. The number of non-ortho nitro benzene ring substituents is 1. The number of nitro benzene ring substituents is 1. The van der Waals surface area contributed by atoms with Gasteiger partial charge in [-0.2, -0.15) is 4.98 Å². The summed E-state index contributed by atoms with van der Waals surface area (Å²) >= 11 is 0. The first-order valence-electron chi connectivity index (χ1n) is 5.44. The molecule has 0 aliphatic rings. The molecule has 0 saturated carbocycles. The summed E-state index contributed by atoms with van der Waals surface area (Å²) in [5.41, 5.74) is 6.18. The Kier molecular flexibility index (Phi) is 3.83. The molecule has 8 heteroatoms. The predicted octanol–water partition coefficient (Wildman–Crippen LogP) is 1.29. The quantitative estimate of drug-likeness (QED) is 0.638. The molecule has 0 bridgehead atoms. The molecule has 1 aromatic heterocycles. The Morgan fingerprint density at radius 1 is 1.58 bits per heavy atom. The Morgan fingerprint density at radius 3 is 3.05 bits per heavy atom. The maximum atomic E-state index is 10.7. The second-order valence-corrected chi connectivity index (χ2v) is 3.83. The summed E-state index contributed by atoms with van der Waals surface area (Å²) in [6.45, 7) is 0.258. The fourth-order valence-corrected chi connectivity index (χ4v) is 1.51. The Labute approximate surface area is 108 Å². The van der Waals surface area contributed by atoms with Crippen LogP contribution in [0.1, 0.15) is 11.9 Å². The van der Waals surface area contributed by atoms with Crippen LogP contribution in [0.5, 0.6) is 0 Å². The minimum absolute atomic E-state index is 0.0431. The van der Waals surface area contributed by atoms with Crippen molar-refractivity contribution in [3.8, 4) is 11.5 Å². The van der Waals surface area contributed by atoms with E-state index < -0.39 is 11.0 Å². The van der Waals surface area contributed by atoms with E-state index in [1.807, 2.05) is 0 Å². The molecule has 1 aromatic carbocycles. The van der Waals surface area contributed by atoms with Crippen LogP contribution in [-0.4, -0.2) is 28.8 Å². The number of hydrogen-bond donors (Lipinski definition) is 1. The van der Waals surface area contributed by atoms with Crippen molar-refractivity contribution in [2.75, 3.05) is 13.7 Å². The first-order chi connectivity index (χ1) is 9.11. The van der Waals surface area contributed by atoms with Gasteiger partial charge in [-0.1, -0.05) is 11.2 Å². The highest BCUT2D eigenvalue weighted by atomic mass is 16.6. The van der Waals surface area contributed by atoms with Crippen LogP contribution in [0.25, 0.3) is 11.5 Å². The third kappa shape index (κ3) is 2.92. The van der Waals surface area contributed by atoms with Crippen molar-refractivity contribution in [3.63, 3.8) is 0 Å². The highest BCUT2D eigenvalue weighted by Gasteiger charge is 2.16. The summed E-state index contributed by atoms with van der Waals surface area (Å²) in [6.07, 6.45) is 0. The molecule has 1 unspecified atom stereocenters. The molecular formula is C11H12N4O4. The van der Waals surface area contributed by atoms with Gasteiger partial charge in [0.05, 0.1) is 17.6 Å². The van der Waals surface area contributed by atoms with E-state index in [1.54, 1.807) is 12.1 Å². The van der Waals surface area contributed by atoms with E-state index in [1.165, 1.54) is 19.2 Å². The van der Waals surface area contributed by atoms with E-state index in [4.69, 9.17) is 15.0 Å². The minimum Gasteiger partial charge on any atom is -0.383 e. The Morgan fingerprint density at radius 2 is 2.37 bits per heavy atom. The van der Waals surface area contributed by atoms with Crippen molar-refractivity contribution >= 4 is 5.69 Å². The lowest BCUT2D eigenvalue weighted by Gasteiger charge is -2.03. The van der Waals surface area contributed by atoms with Crippen LogP contribution >= 0.6 is 0 Å². The van der Waals surface area contributed by atoms with Crippen molar-refractivity contribution in [2.45, 2.75) is 6.04 Å². The molecular weight excluding hydrogens is 252 g/mol. The van der Waals surface area contributed by atoms with E-state index in [2.05, 4.69) is 10.1 Å². The summed E-state index contributed by atoms with van der Waals surface area (Å²) in [5.74, 6) is 0.480. The first kappa shape index (κ1) is 13.1. The maximum absolute atomic E-state index is 10.7. The van der Waals surface area contributed by atoms with Gasteiger partial charge in [0.15, 0.2) is 5.82 Å². The molecule has 8 nitrogen and oxygen atoms in total. The summed E-state index contributed by atoms with van der Waals surface area (Å²) in [7, 11) is 1.52. The van der Waals surface area contributed by atoms with Gasteiger partial charge in [-0.15, -0.1) is 0 Å². The van der Waals surface area contributed by atoms with Gasteiger partial charge in [0.1, 0.15) is 0 Å². The van der Waals surface area contributed by atoms with Gasteiger partial charge in [0, 0.05) is 24.8 Å². The topological polar surface area (TPSA) is 117 Å². The van der Waals surface area contributed by atoms with Crippen LogP contribution in [0.2, 0.25) is 0 Å². The molecule has 0 aliphatic heterocycles. The molecule has 1 heterocycles. The fourth-order valence-electron chi connectivity index (χ4n) is 1.51. The number of aromatic nitrogens is 2. The molecule has 0 aliphatic carbocycles. The Balaban J connectivity index is 2.27. The molecule has 0 radical (unpaired) electrons. The number of nitrogens with two attached hydrogens (primary N) is 1. The van der Waals surface area contributed by atoms with Crippen molar-refractivity contribution in [1.29, 1.82) is 0 Å². The van der Waals surface area contributed by atoms with Crippen molar-refractivity contribution in [2.24, 2.45) is 5.73 Å². The van der Waals surface area contributed by atoms with Gasteiger partial charge in [-0.05, 0) is 6.07 Å². The van der Waals surface area contributed by atoms with Gasteiger partial charge in [0.2, 0.25) is 0 Å². The van der Waals surface area contributed by atoms with Crippen LogP contribution in [-0.2, 0) is 4.74 Å². The molecule has 0 saturated heterocycles. The van der Waals surface area contributed by atoms with Gasteiger partial charge in [0.25, 0.3) is 11.6 Å². The number of benzene rings is 1. The fraction of sp³-hybridized carbons (Fsp3) is 0.273. The highest BCUT2D eigenvalue weighted by molar-refractivity contribution is 5.57. The van der Waals surface area contributed by atoms with E-state index in [0.717, 1.165) is 0 Å². The summed E-state index contributed by atoms with van der Waals surface area (Å²) in [6, 6.07) is 5.44. The monoisotopic (exact) mass is 264 g/mol. The molecule has 2 aromatic rings. The van der Waals surface area contributed by atoms with E-state index in [0.29, 0.717) is 11.4 Å². The highest BCUT2D eigenvalue weighted by Crippen LogP contribution is 2.23. The van der Waals surface area contributed by atoms with Gasteiger partial charge in [-0.3, -0.25) is 10.1 Å². The standard InChI is InChI=1S/C11H12N4O4/c1-18-6-9(12)10-13-11(19-14-10)7-3-2-4-8(5-7)15(16)17/h2-5,9H,6,12H2,1H3. The normalized spacial score (nSPS) is 12.3. The molecule has 0 fully saturated rings. The Hall–Kier alpha value is -2.32. The zero-order chi connectivity index (χ0) is 13.8. The van der Waals surface area contributed by atoms with Crippen LogP contribution in [0.15, 0.2) is 28.8 Å². The maximum Gasteiger partial charge on any atom is 0.270 e. The number of hydrogen-bond acceptors (Lipinski definition) is 7. The molecule has 2 rings (SSSR count). The summed E-state index contributed by atoms with van der Waals surface area (Å²) in [5, 5.41) is 14.4. The molecule has 1 atom stereocenters. The lowest BCUT2D eigenvalue weighted by Crippen LogP contribution is -2.17. The zero-order valence-corrected chi connectivity index (χ0v) is 10.1. The number of nitro groups is 1. The molecule has 100 valence electrons. The smallest absolute Gasteiger partial charge is 0.270 e. The molecule has 0 amide bonds. The van der Waals surface area contributed by atoms with E-state index in [9.17, 15) is 10.1 Å². The third-order valence-corrected chi connectivity index (χ3v) is 2.42. The average Bonchev–Trinajstić information content (AvgIpc) is 2.89. The van der Waals surface area contributed by atoms with Crippen molar-refractivity contribution < 1.29 is 14.2 Å². The number of ether oxygens (including phenoxy) is 1. The molecule has 0 spiro atoms. The van der Waals surface area contributed by atoms with Gasteiger partial charge in [-0.25, -0.2) is 0 Å². The SMILES string of the molecule is COCC(N)c1noc(-c2cccc([N+](=O)[O-])c2)n1. The lowest BCUT2D eigenvalue weighted by molar-refractivity contribution is -0.384. The lowest BCUT2D eigenvalue weighted by atomic mass is 10.2. The van der Waals surface area contributed by atoms with E-state index in [-0.39, 0.29) is 18.2 Å². The summed E-state index contributed by atoms with van der Waals surface area (Å²) < 4.78 is 9.92. The second kappa shape index (κ2) is 5.55. The third-order valence-electron chi connectivity index (χ3n) is 2.42. The van der Waals surface area contributed by atoms with E-state index >= 15 is 0 Å². The van der Waals surface area contributed by atoms with Crippen molar-refractivity contribution in [1.82, 2.24) is 10.1 Å². The first-order valence-corrected chi connectivity index (χ1v) is 5.44. The van der Waals surface area contributed by atoms with Crippen molar-refractivity contribution in [3.05, 3.63) is 40.2 Å². The molecule has 19 heavy (non-hydrogen) atoms. The van der Waals surface area contributed by atoms with Gasteiger partial charge >= 0.3 is 0 Å². The molecule has 2 N–H and O–H groups in total. The van der Waals surface area contributed by atoms with Crippen LogP contribution < -0.4 is 5.73 Å². The van der Waals surface area contributed by atoms with Crippen LogP contribution in [0.3, 0.4) is 0 Å². The number of nitrogens with zero attached hydrogens (tertiary/aromatic N) is 3. The second-order valence-electron chi connectivity index (χ2n) is 3.83. The summed E-state index contributed by atoms with van der Waals surface area (Å²) in [4.78, 5) is 14.3. The Bertz CT molecular complexity index is 584. The van der Waals surface area contributed by atoms with Crippen LogP contribution in [0, 0.1) is 10.1 Å². The predicted molar refractivity (Wildman–Crippen MR) is 65.2 cm³/mol. The van der Waals surface area contributed by atoms with Crippen LogP contribution in [0.4, 0.5) is 5.69 Å². The zero-order valence-electron chi connectivity index (χ0n) is 10.1. The van der Waals surface area contributed by atoms with Gasteiger partial charge < -0.3 is 15.0 Å². The average molecular weight is 264 g/mol.